The number of rotatable bonds is 11. The number of aromatic nitrogens is 3. The summed E-state index contributed by atoms with van der Waals surface area (Å²) in [6.07, 6.45) is 5.08. The Morgan fingerprint density at radius 1 is 1.00 bits per heavy atom. The summed E-state index contributed by atoms with van der Waals surface area (Å²) in [5, 5.41) is 19.8. The number of piperazine rings is 1. The van der Waals surface area contributed by atoms with E-state index in [-0.39, 0.29) is 30.5 Å². The van der Waals surface area contributed by atoms with Crippen molar-refractivity contribution in [3.05, 3.63) is 89.4 Å². The minimum absolute atomic E-state index is 0.174. The topological polar surface area (TPSA) is 134 Å². The average Bonchev–Trinajstić information content (AvgIpc) is 3.71. The molecule has 0 radical (unpaired) electrons. The highest BCUT2D eigenvalue weighted by Crippen LogP contribution is 2.25. The summed E-state index contributed by atoms with van der Waals surface area (Å²) in [4.78, 5) is 22.3. The molecule has 11 heteroatoms. The van der Waals surface area contributed by atoms with Gasteiger partial charge in [0.2, 0.25) is 0 Å². The fourth-order valence-electron chi connectivity index (χ4n) is 6.21. The summed E-state index contributed by atoms with van der Waals surface area (Å²) < 4.78 is 7.99. The van der Waals surface area contributed by atoms with Gasteiger partial charge >= 0.3 is 0 Å². The van der Waals surface area contributed by atoms with Crippen molar-refractivity contribution < 1.29 is 14.6 Å². The molecule has 0 bridgehead atoms. The number of nitrogens with one attached hydrogen (secondary N) is 2. The maximum Gasteiger partial charge on any atom is 0.255 e. The molecule has 0 saturated carbocycles. The molecule has 2 aliphatic rings. The highest BCUT2D eigenvalue weighted by molar-refractivity contribution is 5.99. The summed E-state index contributed by atoms with van der Waals surface area (Å²) >= 11 is 0. The zero-order valence-corrected chi connectivity index (χ0v) is 26.7. The van der Waals surface area contributed by atoms with Crippen LogP contribution in [0.2, 0.25) is 0 Å². The van der Waals surface area contributed by atoms with E-state index < -0.39 is 0 Å². The molecule has 2 aromatic carbocycles. The molecule has 0 aliphatic carbocycles. The first-order chi connectivity index (χ1) is 22.4. The lowest BCUT2D eigenvalue weighted by molar-refractivity contribution is 0.0358. The number of nitrogen functional groups attached to an aromatic ring is 1. The van der Waals surface area contributed by atoms with Crippen molar-refractivity contribution in [3.63, 3.8) is 0 Å². The zero-order valence-electron chi connectivity index (χ0n) is 26.7. The molecule has 2 saturated heterocycles. The molecule has 4 aromatic rings. The highest BCUT2D eigenvalue weighted by Gasteiger charge is 2.30. The van der Waals surface area contributed by atoms with Crippen LogP contribution in [0, 0.1) is 6.92 Å². The predicted octanol–water partition coefficient (Wildman–Crippen LogP) is 2.44. The molecular formula is C35H44N8O3. The Hall–Kier alpha value is -4.13. The van der Waals surface area contributed by atoms with E-state index in [9.17, 15) is 9.90 Å². The van der Waals surface area contributed by atoms with Gasteiger partial charge in [-0.15, -0.1) is 0 Å². The molecule has 2 aliphatic heterocycles. The molecule has 0 unspecified atom stereocenters. The standard InChI is InChI=1S/C35H44N8O3/c1-24-15-27(7-8-28(24)22-43-11-9-42(10-12-43)13-14-44)26-5-3-25(4-6-26)23-46-33-20-37-19-32(33)40-35(45)31-16-29(17-38-34(31)36)30-18-39-41(2)21-30/h3-8,15-18,21,32-33,37,44H,9-14,19-20,22-23H2,1-2H3,(H2,36,38)(H,40,45)/t32-,33-/m0/s1. The second kappa shape index (κ2) is 14.5. The van der Waals surface area contributed by atoms with Gasteiger partial charge in [-0.05, 0) is 40.8 Å². The molecule has 6 rings (SSSR count). The van der Waals surface area contributed by atoms with E-state index in [4.69, 9.17) is 10.5 Å². The van der Waals surface area contributed by atoms with Crippen LogP contribution >= 0.6 is 0 Å². The Bertz CT molecular complexity index is 1630. The molecule has 1 amide bonds. The lowest BCUT2D eigenvalue weighted by Gasteiger charge is -2.34. The molecule has 0 spiro atoms. The fraction of sp³-hybridized carbons (Fsp3) is 0.400. The number of β-amino-alcohol motifs (C(OH)–C–C–N with tert-alkyl or cyclic N) is 1. The van der Waals surface area contributed by atoms with Gasteiger partial charge in [0.1, 0.15) is 5.82 Å². The number of ether oxygens (including phenoxy) is 1. The Kier molecular flexibility index (Phi) is 10.1. The minimum atomic E-state index is -0.274. The van der Waals surface area contributed by atoms with Crippen molar-refractivity contribution in [1.29, 1.82) is 0 Å². The first-order valence-corrected chi connectivity index (χ1v) is 16.0. The van der Waals surface area contributed by atoms with E-state index >= 15 is 0 Å². The number of aliphatic hydroxyl groups excluding tert-OH is 1. The molecule has 2 fully saturated rings. The molecule has 242 valence electrons. The number of anilines is 1. The number of carbonyl (C=O) groups excluding carboxylic acids is 1. The number of aryl methyl sites for hydroxylation is 2. The third-order valence-electron chi connectivity index (χ3n) is 9.05. The van der Waals surface area contributed by atoms with E-state index in [0.717, 1.165) is 56.0 Å². The second-order valence-electron chi connectivity index (χ2n) is 12.3. The van der Waals surface area contributed by atoms with E-state index in [1.807, 2.05) is 13.2 Å². The number of hydrogen-bond donors (Lipinski definition) is 4. The van der Waals surface area contributed by atoms with Gasteiger partial charge in [0.25, 0.3) is 5.91 Å². The van der Waals surface area contributed by atoms with Crippen LogP contribution in [0.5, 0.6) is 0 Å². The van der Waals surface area contributed by atoms with Crippen LogP contribution in [0.15, 0.2) is 67.1 Å². The van der Waals surface area contributed by atoms with Crippen LogP contribution in [-0.4, -0.2) is 100 Å². The normalized spacial score (nSPS) is 19.0. The number of nitrogens with two attached hydrogens (primary N) is 1. The Morgan fingerprint density at radius 2 is 1.76 bits per heavy atom. The number of pyridine rings is 1. The number of amides is 1. The van der Waals surface area contributed by atoms with Crippen LogP contribution in [0.1, 0.15) is 27.0 Å². The first-order valence-electron chi connectivity index (χ1n) is 16.0. The Labute approximate surface area is 270 Å². The van der Waals surface area contributed by atoms with Gasteiger partial charge < -0.3 is 26.2 Å². The molecule has 4 heterocycles. The predicted molar refractivity (Wildman–Crippen MR) is 179 cm³/mol. The number of aliphatic hydroxyl groups is 1. The highest BCUT2D eigenvalue weighted by atomic mass is 16.5. The third-order valence-corrected chi connectivity index (χ3v) is 9.05. The number of nitrogens with zero attached hydrogens (tertiary/aromatic N) is 5. The van der Waals surface area contributed by atoms with Crippen molar-refractivity contribution >= 4 is 11.7 Å². The van der Waals surface area contributed by atoms with Gasteiger partial charge in [0.05, 0.1) is 37.1 Å². The third kappa shape index (κ3) is 7.63. The van der Waals surface area contributed by atoms with E-state index in [2.05, 4.69) is 79.9 Å². The fourth-order valence-corrected chi connectivity index (χ4v) is 6.21. The monoisotopic (exact) mass is 624 g/mol. The Balaban J connectivity index is 1.02. The van der Waals surface area contributed by atoms with E-state index in [1.54, 1.807) is 23.1 Å². The van der Waals surface area contributed by atoms with Crippen molar-refractivity contribution in [1.82, 2.24) is 35.2 Å². The summed E-state index contributed by atoms with van der Waals surface area (Å²) in [6.45, 7) is 9.92. The van der Waals surface area contributed by atoms with Crippen LogP contribution in [0.3, 0.4) is 0 Å². The number of hydrogen-bond acceptors (Lipinski definition) is 9. The minimum Gasteiger partial charge on any atom is -0.395 e. The van der Waals surface area contributed by atoms with Gasteiger partial charge in [0.15, 0.2) is 0 Å². The first kappa shape index (κ1) is 31.8. The maximum absolute atomic E-state index is 13.2. The van der Waals surface area contributed by atoms with Crippen LogP contribution in [0.25, 0.3) is 22.3 Å². The smallest absolute Gasteiger partial charge is 0.255 e. The number of carbonyl (C=O) groups is 1. The molecule has 46 heavy (non-hydrogen) atoms. The summed E-state index contributed by atoms with van der Waals surface area (Å²) in [5.41, 5.74) is 14.2. The van der Waals surface area contributed by atoms with E-state index in [0.29, 0.717) is 25.3 Å². The van der Waals surface area contributed by atoms with Gasteiger partial charge in [-0.2, -0.15) is 5.10 Å². The van der Waals surface area contributed by atoms with Crippen molar-refractivity contribution in [2.24, 2.45) is 7.05 Å². The summed E-state index contributed by atoms with van der Waals surface area (Å²) in [6, 6.07) is 16.8. The molecule has 2 atom stereocenters. The summed E-state index contributed by atoms with van der Waals surface area (Å²) in [7, 11) is 1.84. The molecule has 2 aromatic heterocycles. The zero-order chi connectivity index (χ0) is 32.0. The van der Waals surface area contributed by atoms with Gasteiger partial charge in [-0.25, -0.2) is 4.98 Å². The van der Waals surface area contributed by atoms with Gasteiger partial charge in [0, 0.05) is 82.9 Å². The molecule has 5 N–H and O–H groups in total. The summed E-state index contributed by atoms with van der Waals surface area (Å²) in [5.74, 6) is -0.0869. The van der Waals surface area contributed by atoms with Crippen molar-refractivity contribution in [3.8, 4) is 22.3 Å². The average molecular weight is 625 g/mol. The molecular weight excluding hydrogens is 580 g/mol. The van der Waals surface area contributed by atoms with Crippen LogP contribution in [0.4, 0.5) is 5.82 Å². The largest absolute Gasteiger partial charge is 0.395 e. The Morgan fingerprint density at radius 3 is 2.48 bits per heavy atom. The van der Waals surface area contributed by atoms with Gasteiger partial charge in [-0.1, -0.05) is 42.5 Å². The van der Waals surface area contributed by atoms with Crippen LogP contribution < -0.4 is 16.4 Å². The second-order valence-corrected chi connectivity index (χ2v) is 12.3. The lowest BCUT2D eigenvalue weighted by atomic mass is 9.98. The quantitative estimate of drug-likeness (QED) is 0.199. The van der Waals surface area contributed by atoms with Crippen molar-refractivity contribution in [2.45, 2.75) is 32.2 Å². The maximum atomic E-state index is 13.2. The van der Waals surface area contributed by atoms with E-state index in [1.165, 1.54) is 22.3 Å². The number of benzene rings is 2. The lowest BCUT2D eigenvalue weighted by Crippen LogP contribution is -2.46. The van der Waals surface area contributed by atoms with Crippen molar-refractivity contribution in [2.75, 3.05) is 58.2 Å². The molecule has 11 nitrogen and oxygen atoms in total. The SMILES string of the molecule is Cc1cc(-c2ccc(CO[C@H]3CNC[C@@H]3NC(=O)c3cc(-c4cnn(C)c4)cnc3N)cc2)ccc1CN1CCN(CCO)CC1. The van der Waals surface area contributed by atoms with Gasteiger partial charge in [-0.3, -0.25) is 19.3 Å². The van der Waals surface area contributed by atoms with Crippen LogP contribution in [-0.2, 0) is 24.9 Å².